The first-order chi connectivity index (χ1) is 11.1. The first-order valence-corrected chi connectivity index (χ1v) is 8.40. The van der Waals surface area contributed by atoms with Crippen molar-refractivity contribution in [1.29, 1.82) is 0 Å². The fraction of sp³-hybridized carbons (Fsp3) is 0.579. The van der Waals surface area contributed by atoms with E-state index < -0.39 is 0 Å². The number of nitrogens with zero attached hydrogens (tertiary/aromatic N) is 1. The molecule has 1 aromatic carbocycles. The molecule has 0 aliphatic carbocycles. The number of allylic oxidation sites excluding steroid dienone is 1. The van der Waals surface area contributed by atoms with Crippen LogP contribution in [0.5, 0.6) is 11.5 Å². The van der Waals surface area contributed by atoms with Crippen molar-refractivity contribution in [2.45, 2.75) is 38.9 Å². The molecular weight excluding hydrogens is 290 g/mol. The van der Waals surface area contributed by atoms with E-state index in [1.165, 1.54) is 5.56 Å². The zero-order valence-electron chi connectivity index (χ0n) is 14.6. The van der Waals surface area contributed by atoms with Crippen molar-refractivity contribution in [3.05, 3.63) is 36.4 Å². The quantitative estimate of drug-likeness (QED) is 0.543. The minimum Gasteiger partial charge on any atom is -0.493 e. The molecule has 1 aliphatic heterocycles. The molecule has 0 unspecified atom stereocenters. The minimum atomic E-state index is 0.317. The van der Waals surface area contributed by atoms with Gasteiger partial charge in [-0.15, -0.1) is 6.58 Å². The van der Waals surface area contributed by atoms with Gasteiger partial charge in [-0.2, -0.15) is 0 Å². The van der Waals surface area contributed by atoms with E-state index in [4.69, 9.17) is 14.2 Å². The van der Waals surface area contributed by atoms with Crippen LogP contribution < -0.4 is 9.47 Å². The summed E-state index contributed by atoms with van der Waals surface area (Å²) in [4.78, 5) is 2.45. The van der Waals surface area contributed by atoms with Crippen molar-refractivity contribution < 1.29 is 14.2 Å². The second-order valence-electron chi connectivity index (χ2n) is 6.20. The van der Waals surface area contributed by atoms with E-state index in [1.54, 1.807) is 7.11 Å². The van der Waals surface area contributed by atoms with Crippen molar-refractivity contribution >= 4 is 0 Å². The summed E-state index contributed by atoms with van der Waals surface area (Å²) in [7, 11) is 1.68. The van der Waals surface area contributed by atoms with Crippen LogP contribution in [0, 0.1) is 0 Å². The molecule has 1 saturated heterocycles. The van der Waals surface area contributed by atoms with Gasteiger partial charge in [0.15, 0.2) is 11.5 Å². The van der Waals surface area contributed by atoms with Gasteiger partial charge in [-0.1, -0.05) is 12.1 Å². The van der Waals surface area contributed by atoms with Crippen LogP contribution in [0.3, 0.4) is 0 Å². The van der Waals surface area contributed by atoms with Gasteiger partial charge < -0.3 is 14.2 Å². The molecule has 0 radical (unpaired) electrons. The maximum absolute atomic E-state index is 5.90. The fourth-order valence-corrected chi connectivity index (χ4v) is 3.06. The van der Waals surface area contributed by atoms with Gasteiger partial charge in [0.05, 0.1) is 25.9 Å². The predicted molar refractivity (Wildman–Crippen MR) is 93.5 cm³/mol. The van der Waals surface area contributed by atoms with Gasteiger partial charge in [0.2, 0.25) is 0 Å². The second kappa shape index (κ2) is 8.94. The summed E-state index contributed by atoms with van der Waals surface area (Å²) in [6, 6.07) is 6.06. The Morgan fingerprint density at radius 2 is 2.00 bits per heavy atom. The van der Waals surface area contributed by atoms with Crippen LogP contribution >= 0.6 is 0 Å². The van der Waals surface area contributed by atoms with E-state index in [1.807, 2.05) is 18.2 Å². The maximum Gasteiger partial charge on any atom is 0.161 e. The molecule has 4 heteroatoms. The number of methoxy groups -OCH3 is 1. The van der Waals surface area contributed by atoms with Crippen LogP contribution in [0.4, 0.5) is 0 Å². The van der Waals surface area contributed by atoms with Crippen LogP contribution in [-0.2, 0) is 11.2 Å². The highest BCUT2D eigenvalue weighted by Gasteiger charge is 2.21. The molecule has 1 aromatic rings. The van der Waals surface area contributed by atoms with Crippen molar-refractivity contribution in [2.24, 2.45) is 0 Å². The highest BCUT2D eigenvalue weighted by molar-refractivity contribution is 5.43. The molecule has 0 amide bonds. The lowest BCUT2D eigenvalue weighted by Crippen LogP contribution is -2.45. The molecule has 23 heavy (non-hydrogen) atoms. The number of hydrogen-bond acceptors (Lipinski definition) is 4. The highest BCUT2D eigenvalue weighted by atomic mass is 16.5. The maximum atomic E-state index is 5.90. The molecule has 4 nitrogen and oxygen atoms in total. The van der Waals surface area contributed by atoms with E-state index in [9.17, 15) is 0 Å². The summed E-state index contributed by atoms with van der Waals surface area (Å²) >= 11 is 0. The molecule has 1 heterocycles. The van der Waals surface area contributed by atoms with Crippen LogP contribution in [-0.4, -0.2) is 50.5 Å². The molecule has 2 atom stereocenters. The number of rotatable bonds is 8. The Balaban J connectivity index is 1.78. The third-order valence-electron chi connectivity index (χ3n) is 3.98. The molecule has 0 aromatic heterocycles. The number of benzene rings is 1. The third kappa shape index (κ3) is 5.56. The van der Waals surface area contributed by atoms with Gasteiger partial charge in [0.1, 0.15) is 0 Å². The van der Waals surface area contributed by atoms with Crippen LogP contribution in [0.25, 0.3) is 0 Å². The standard InChI is InChI=1S/C19H29NO3/c1-5-7-17-8-9-18(19(12-17)21-4)22-11-6-10-20-13-15(2)23-16(3)14-20/h5,8-9,12,15-16H,1,6-7,10-11,13-14H2,2-4H3/t15-,16+. The lowest BCUT2D eigenvalue weighted by molar-refractivity contribution is -0.0686. The Kier molecular flexibility index (Phi) is 6.93. The molecule has 1 fully saturated rings. The Morgan fingerprint density at radius 1 is 1.26 bits per heavy atom. The van der Waals surface area contributed by atoms with Crippen molar-refractivity contribution in [1.82, 2.24) is 4.90 Å². The largest absolute Gasteiger partial charge is 0.493 e. The third-order valence-corrected chi connectivity index (χ3v) is 3.98. The first-order valence-electron chi connectivity index (χ1n) is 8.40. The molecule has 0 bridgehead atoms. The van der Waals surface area contributed by atoms with Crippen LogP contribution in [0.15, 0.2) is 30.9 Å². The topological polar surface area (TPSA) is 30.9 Å². The zero-order chi connectivity index (χ0) is 16.7. The first kappa shape index (κ1) is 17.8. The average molecular weight is 319 g/mol. The van der Waals surface area contributed by atoms with Crippen molar-refractivity contribution in [2.75, 3.05) is 33.4 Å². The van der Waals surface area contributed by atoms with Crippen molar-refractivity contribution in [3.8, 4) is 11.5 Å². The van der Waals surface area contributed by atoms with Crippen molar-refractivity contribution in [3.63, 3.8) is 0 Å². The van der Waals surface area contributed by atoms with Gasteiger partial charge >= 0.3 is 0 Å². The number of morpholine rings is 1. The van der Waals surface area contributed by atoms with Gasteiger partial charge in [0.25, 0.3) is 0 Å². The summed E-state index contributed by atoms with van der Waals surface area (Å²) in [5, 5.41) is 0. The normalized spacial score (nSPS) is 21.9. The Labute approximate surface area is 140 Å². The highest BCUT2D eigenvalue weighted by Crippen LogP contribution is 2.28. The summed E-state index contributed by atoms with van der Waals surface area (Å²) in [6.07, 6.45) is 4.36. The number of ether oxygens (including phenoxy) is 3. The van der Waals surface area contributed by atoms with E-state index in [2.05, 4.69) is 31.4 Å². The van der Waals surface area contributed by atoms with E-state index in [0.717, 1.165) is 44.0 Å². The fourth-order valence-electron chi connectivity index (χ4n) is 3.06. The lowest BCUT2D eigenvalue weighted by Gasteiger charge is -2.35. The summed E-state index contributed by atoms with van der Waals surface area (Å²) in [5.74, 6) is 1.60. The predicted octanol–water partition coefficient (Wildman–Crippen LogP) is 3.30. The Bertz CT molecular complexity index is 493. The average Bonchev–Trinajstić information content (AvgIpc) is 2.52. The van der Waals surface area contributed by atoms with Crippen LogP contribution in [0.1, 0.15) is 25.8 Å². The summed E-state index contributed by atoms with van der Waals surface area (Å²) < 4.78 is 17.1. The molecular formula is C19H29NO3. The molecule has 128 valence electrons. The molecule has 2 rings (SSSR count). The van der Waals surface area contributed by atoms with Gasteiger partial charge in [-0.25, -0.2) is 0 Å². The molecule has 1 aliphatic rings. The smallest absolute Gasteiger partial charge is 0.161 e. The monoisotopic (exact) mass is 319 g/mol. The lowest BCUT2D eigenvalue weighted by atomic mass is 10.1. The van der Waals surface area contributed by atoms with E-state index in [-0.39, 0.29) is 0 Å². The SMILES string of the molecule is C=CCc1ccc(OCCCN2C[C@@H](C)O[C@@H](C)C2)c(OC)c1. The summed E-state index contributed by atoms with van der Waals surface area (Å²) in [6.45, 7) is 11.8. The minimum absolute atomic E-state index is 0.317. The van der Waals surface area contributed by atoms with E-state index in [0.29, 0.717) is 18.8 Å². The molecule has 0 saturated carbocycles. The summed E-state index contributed by atoms with van der Waals surface area (Å²) in [5.41, 5.74) is 1.18. The number of hydrogen-bond donors (Lipinski definition) is 0. The molecule has 0 N–H and O–H groups in total. The Morgan fingerprint density at radius 3 is 2.65 bits per heavy atom. The van der Waals surface area contributed by atoms with Gasteiger partial charge in [-0.3, -0.25) is 4.90 Å². The van der Waals surface area contributed by atoms with E-state index >= 15 is 0 Å². The van der Waals surface area contributed by atoms with Gasteiger partial charge in [0, 0.05) is 19.6 Å². The van der Waals surface area contributed by atoms with Crippen LogP contribution in [0.2, 0.25) is 0 Å². The molecule has 0 spiro atoms. The second-order valence-corrected chi connectivity index (χ2v) is 6.20. The zero-order valence-corrected chi connectivity index (χ0v) is 14.6. The van der Waals surface area contributed by atoms with Gasteiger partial charge in [-0.05, 0) is 44.4 Å². The Hall–Kier alpha value is -1.52.